The lowest BCUT2D eigenvalue weighted by molar-refractivity contribution is 0.268. The first-order chi connectivity index (χ1) is 10.1. The summed E-state index contributed by atoms with van der Waals surface area (Å²) in [5.41, 5.74) is 6.89. The smallest absolute Gasteiger partial charge is 0.279 e. The molecule has 1 heterocycles. The average molecular weight is 311 g/mol. The van der Waals surface area contributed by atoms with E-state index in [1.165, 1.54) is 9.87 Å². The molecule has 0 bridgehead atoms. The lowest BCUT2D eigenvalue weighted by atomic mass is 10.0. The zero-order valence-corrected chi connectivity index (χ0v) is 13.2. The van der Waals surface area contributed by atoms with Gasteiger partial charge in [0.2, 0.25) is 0 Å². The molecule has 1 atom stereocenters. The normalized spacial score (nSPS) is 20.5. The lowest BCUT2D eigenvalue weighted by Crippen LogP contribution is -2.47. The van der Waals surface area contributed by atoms with Gasteiger partial charge in [-0.3, -0.25) is 0 Å². The SMILES string of the molecule is NCC1CCCN(S(=O)(=O)NCCCc2ccccc2)C1. The Hall–Kier alpha value is -0.950. The number of benzene rings is 1. The fourth-order valence-corrected chi connectivity index (χ4v) is 4.03. The van der Waals surface area contributed by atoms with Gasteiger partial charge in [0.1, 0.15) is 0 Å². The van der Waals surface area contributed by atoms with Crippen molar-refractivity contribution in [2.75, 3.05) is 26.2 Å². The van der Waals surface area contributed by atoms with Crippen LogP contribution in [0.15, 0.2) is 30.3 Å². The highest BCUT2D eigenvalue weighted by Crippen LogP contribution is 2.17. The van der Waals surface area contributed by atoms with E-state index in [2.05, 4.69) is 16.9 Å². The van der Waals surface area contributed by atoms with Crippen LogP contribution >= 0.6 is 0 Å². The van der Waals surface area contributed by atoms with Crippen molar-refractivity contribution in [3.63, 3.8) is 0 Å². The van der Waals surface area contributed by atoms with Gasteiger partial charge in [-0.15, -0.1) is 0 Å². The summed E-state index contributed by atoms with van der Waals surface area (Å²) < 4.78 is 28.7. The molecule has 1 aliphatic heterocycles. The Morgan fingerprint density at radius 3 is 2.76 bits per heavy atom. The van der Waals surface area contributed by atoms with Crippen molar-refractivity contribution in [1.82, 2.24) is 9.03 Å². The van der Waals surface area contributed by atoms with Crippen molar-refractivity contribution >= 4 is 10.2 Å². The van der Waals surface area contributed by atoms with Gasteiger partial charge in [-0.25, -0.2) is 4.72 Å². The summed E-state index contributed by atoms with van der Waals surface area (Å²) in [5.74, 6) is 0.291. The van der Waals surface area contributed by atoms with Crippen LogP contribution < -0.4 is 10.5 Å². The third-order valence-electron chi connectivity index (χ3n) is 3.92. The minimum Gasteiger partial charge on any atom is -0.330 e. The van der Waals surface area contributed by atoms with Gasteiger partial charge in [0.05, 0.1) is 0 Å². The number of nitrogens with one attached hydrogen (secondary N) is 1. The molecule has 0 amide bonds. The van der Waals surface area contributed by atoms with Crippen LogP contribution in [0.25, 0.3) is 0 Å². The fraction of sp³-hybridized carbons (Fsp3) is 0.600. The van der Waals surface area contributed by atoms with Gasteiger partial charge >= 0.3 is 0 Å². The van der Waals surface area contributed by atoms with E-state index in [4.69, 9.17) is 5.73 Å². The second-order valence-electron chi connectivity index (χ2n) is 5.59. The monoisotopic (exact) mass is 311 g/mol. The average Bonchev–Trinajstić information content (AvgIpc) is 2.53. The topological polar surface area (TPSA) is 75.4 Å². The molecule has 0 aliphatic carbocycles. The first-order valence-electron chi connectivity index (χ1n) is 7.60. The van der Waals surface area contributed by atoms with Crippen molar-refractivity contribution in [3.8, 4) is 0 Å². The van der Waals surface area contributed by atoms with Crippen LogP contribution in [-0.2, 0) is 16.6 Å². The number of rotatable bonds is 7. The lowest BCUT2D eigenvalue weighted by Gasteiger charge is -2.31. The van der Waals surface area contributed by atoms with Crippen molar-refractivity contribution in [2.24, 2.45) is 11.7 Å². The Balaban J connectivity index is 1.76. The molecule has 0 aromatic heterocycles. The summed E-state index contributed by atoms with van der Waals surface area (Å²) in [6, 6.07) is 10.1. The molecule has 5 nitrogen and oxygen atoms in total. The quantitative estimate of drug-likeness (QED) is 0.741. The highest BCUT2D eigenvalue weighted by atomic mass is 32.2. The molecule has 1 aliphatic rings. The largest absolute Gasteiger partial charge is 0.330 e. The first-order valence-corrected chi connectivity index (χ1v) is 9.04. The maximum absolute atomic E-state index is 12.2. The Bertz CT molecular complexity index is 519. The fourth-order valence-electron chi connectivity index (χ4n) is 2.67. The zero-order valence-electron chi connectivity index (χ0n) is 12.4. The van der Waals surface area contributed by atoms with Gasteiger partial charge in [0.15, 0.2) is 0 Å². The molecule has 21 heavy (non-hydrogen) atoms. The minimum atomic E-state index is -3.35. The van der Waals surface area contributed by atoms with Gasteiger partial charge in [0.25, 0.3) is 10.2 Å². The van der Waals surface area contributed by atoms with Crippen LogP contribution in [0, 0.1) is 5.92 Å². The van der Waals surface area contributed by atoms with Gasteiger partial charge in [-0.2, -0.15) is 12.7 Å². The van der Waals surface area contributed by atoms with E-state index in [1.54, 1.807) is 0 Å². The molecule has 2 rings (SSSR count). The molecular formula is C15H25N3O2S. The number of hydrogen-bond acceptors (Lipinski definition) is 3. The van der Waals surface area contributed by atoms with E-state index in [-0.39, 0.29) is 0 Å². The van der Waals surface area contributed by atoms with Crippen LogP contribution in [-0.4, -0.2) is 38.9 Å². The maximum atomic E-state index is 12.2. The number of hydrogen-bond donors (Lipinski definition) is 2. The summed E-state index contributed by atoms with van der Waals surface area (Å²) in [5, 5.41) is 0. The van der Waals surface area contributed by atoms with Crippen LogP contribution in [0.4, 0.5) is 0 Å². The van der Waals surface area contributed by atoms with Crippen molar-refractivity contribution in [1.29, 1.82) is 0 Å². The summed E-state index contributed by atoms with van der Waals surface area (Å²) in [6.45, 7) is 2.18. The summed E-state index contributed by atoms with van der Waals surface area (Å²) >= 11 is 0. The van der Waals surface area contributed by atoms with E-state index in [9.17, 15) is 8.42 Å². The molecular weight excluding hydrogens is 286 g/mol. The van der Waals surface area contributed by atoms with Crippen LogP contribution in [0.1, 0.15) is 24.8 Å². The van der Waals surface area contributed by atoms with Crippen molar-refractivity contribution in [3.05, 3.63) is 35.9 Å². The molecule has 0 spiro atoms. The van der Waals surface area contributed by atoms with Crippen LogP contribution in [0.3, 0.4) is 0 Å². The highest BCUT2D eigenvalue weighted by molar-refractivity contribution is 7.87. The Kier molecular flexibility index (Phi) is 6.17. The molecule has 1 fully saturated rings. The molecule has 118 valence electrons. The van der Waals surface area contributed by atoms with Crippen molar-refractivity contribution in [2.45, 2.75) is 25.7 Å². The van der Waals surface area contributed by atoms with Crippen LogP contribution in [0.5, 0.6) is 0 Å². The number of nitrogens with two attached hydrogens (primary N) is 1. The number of aryl methyl sites for hydroxylation is 1. The molecule has 1 saturated heterocycles. The summed E-state index contributed by atoms with van der Waals surface area (Å²) in [4.78, 5) is 0. The van der Waals surface area contributed by atoms with E-state index < -0.39 is 10.2 Å². The van der Waals surface area contributed by atoms with E-state index in [0.717, 1.165) is 25.7 Å². The van der Waals surface area contributed by atoms with Gasteiger partial charge in [-0.05, 0) is 43.7 Å². The zero-order chi connectivity index (χ0) is 15.1. The molecule has 0 saturated carbocycles. The van der Waals surface area contributed by atoms with Crippen molar-refractivity contribution < 1.29 is 8.42 Å². The molecule has 6 heteroatoms. The van der Waals surface area contributed by atoms with E-state index in [1.807, 2.05) is 18.2 Å². The third kappa shape index (κ3) is 5.07. The maximum Gasteiger partial charge on any atom is 0.279 e. The first kappa shape index (κ1) is 16.4. The van der Waals surface area contributed by atoms with Gasteiger partial charge in [-0.1, -0.05) is 30.3 Å². The molecule has 3 N–H and O–H groups in total. The van der Waals surface area contributed by atoms with Crippen LogP contribution in [0.2, 0.25) is 0 Å². The molecule has 1 aromatic rings. The minimum absolute atomic E-state index is 0.291. The summed E-state index contributed by atoms with van der Waals surface area (Å²) in [7, 11) is -3.35. The summed E-state index contributed by atoms with van der Waals surface area (Å²) in [6.07, 6.45) is 3.61. The van der Waals surface area contributed by atoms with E-state index >= 15 is 0 Å². The molecule has 0 radical (unpaired) electrons. The third-order valence-corrected chi connectivity index (χ3v) is 5.50. The Labute approximate surface area is 127 Å². The second-order valence-corrected chi connectivity index (χ2v) is 7.35. The Morgan fingerprint density at radius 1 is 1.29 bits per heavy atom. The highest BCUT2D eigenvalue weighted by Gasteiger charge is 2.27. The molecule has 1 aromatic carbocycles. The second kappa shape index (κ2) is 7.89. The molecule has 1 unspecified atom stereocenters. The predicted octanol–water partition coefficient (Wildman–Crippen LogP) is 1.12. The number of piperidine rings is 1. The standard InChI is InChI=1S/C15H25N3O2S/c16-12-15-9-5-11-18(13-15)21(19,20)17-10-4-8-14-6-2-1-3-7-14/h1-3,6-7,15,17H,4-5,8-13,16H2. The number of nitrogens with zero attached hydrogens (tertiary/aromatic N) is 1. The van der Waals surface area contributed by atoms with E-state index in [0.29, 0.717) is 32.1 Å². The predicted molar refractivity (Wildman–Crippen MR) is 85.0 cm³/mol. The van der Waals surface area contributed by atoms with Gasteiger partial charge < -0.3 is 5.73 Å². The Morgan fingerprint density at radius 2 is 2.05 bits per heavy atom. The van der Waals surface area contributed by atoms with Gasteiger partial charge in [0, 0.05) is 19.6 Å².